The number of aromatic nitrogens is 2. The van der Waals surface area contributed by atoms with Gasteiger partial charge in [-0.1, -0.05) is 0 Å². The Kier molecular flexibility index (Phi) is 4.50. The van der Waals surface area contributed by atoms with E-state index in [2.05, 4.69) is 20.1 Å². The molecule has 1 atom stereocenters. The van der Waals surface area contributed by atoms with Crippen molar-refractivity contribution in [3.05, 3.63) is 12.4 Å². The van der Waals surface area contributed by atoms with Crippen molar-refractivity contribution in [2.45, 2.75) is 16.9 Å². The summed E-state index contributed by atoms with van der Waals surface area (Å²) in [6.07, 6.45) is 2.99. The molecule has 0 saturated carbocycles. The van der Waals surface area contributed by atoms with Gasteiger partial charge in [-0.2, -0.15) is 0 Å². The van der Waals surface area contributed by atoms with Gasteiger partial charge in [0.25, 0.3) is 0 Å². The molecule has 1 aromatic rings. The van der Waals surface area contributed by atoms with Crippen LogP contribution in [0.25, 0.3) is 0 Å². The molecule has 9 nitrogen and oxygen atoms in total. The Morgan fingerprint density at radius 3 is 2.70 bits per heavy atom. The molecule has 2 heterocycles. The highest BCUT2D eigenvalue weighted by atomic mass is 32.2. The van der Waals surface area contributed by atoms with Crippen molar-refractivity contribution in [2.75, 3.05) is 32.3 Å². The van der Waals surface area contributed by atoms with Gasteiger partial charge in [0.1, 0.15) is 10.5 Å². The SMILES string of the molecule is COC1(CNS(=O)(=O)c2cnc(NN)nc2)CCOC1. The van der Waals surface area contributed by atoms with Gasteiger partial charge in [-0.05, 0) is 0 Å². The van der Waals surface area contributed by atoms with E-state index in [1.54, 1.807) is 0 Å². The lowest BCUT2D eigenvalue weighted by molar-refractivity contribution is -0.0120. The molecule has 20 heavy (non-hydrogen) atoms. The van der Waals surface area contributed by atoms with E-state index in [9.17, 15) is 8.42 Å². The van der Waals surface area contributed by atoms with Crippen LogP contribution >= 0.6 is 0 Å². The van der Waals surface area contributed by atoms with Crippen molar-refractivity contribution < 1.29 is 17.9 Å². The van der Waals surface area contributed by atoms with E-state index in [-0.39, 0.29) is 17.4 Å². The number of rotatable bonds is 6. The minimum Gasteiger partial charge on any atom is -0.378 e. The molecule has 1 fully saturated rings. The van der Waals surface area contributed by atoms with E-state index in [1.165, 1.54) is 19.5 Å². The Labute approximate surface area is 116 Å². The monoisotopic (exact) mass is 303 g/mol. The second kappa shape index (κ2) is 5.97. The summed E-state index contributed by atoms with van der Waals surface area (Å²) in [5.74, 6) is 5.26. The number of methoxy groups -OCH3 is 1. The van der Waals surface area contributed by atoms with Gasteiger partial charge in [-0.3, -0.25) is 5.43 Å². The van der Waals surface area contributed by atoms with Crippen molar-refractivity contribution in [3.8, 4) is 0 Å². The Morgan fingerprint density at radius 1 is 1.50 bits per heavy atom. The number of ether oxygens (including phenoxy) is 2. The lowest BCUT2D eigenvalue weighted by atomic mass is 10.0. The van der Waals surface area contributed by atoms with E-state index in [0.717, 1.165) is 0 Å². The van der Waals surface area contributed by atoms with Crippen LogP contribution in [-0.2, 0) is 19.5 Å². The molecule has 4 N–H and O–H groups in total. The average molecular weight is 303 g/mol. The highest BCUT2D eigenvalue weighted by Gasteiger charge is 2.36. The molecule has 0 aliphatic carbocycles. The topological polar surface area (TPSA) is 128 Å². The smallest absolute Gasteiger partial charge is 0.243 e. The summed E-state index contributed by atoms with van der Waals surface area (Å²) in [7, 11) is -2.16. The number of nitrogens with one attached hydrogen (secondary N) is 2. The van der Waals surface area contributed by atoms with Gasteiger partial charge in [0.2, 0.25) is 16.0 Å². The second-order valence-corrected chi connectivity index (χ2v) is 6.17. The average Bonchev–Trinajstić information content (AvgIpc) is 2.95. The standard InChI is InChI=1S/C10H17N5O4S/c1-18-10(2-3-19-7-10)6-14-20(16,17)8-4-12-9(15-11)13-5-8/h4-5,14H,2-3,6-7,11H2,1H3,(H,12,13,15). The first-order valence-corrected chi connectivity index (χ1v) is 7.41. The summed E-state index contributed by atoms with van der Waals surface area (Å²) in [6, 6.07) is 0. The summed E-state index contributed by atoms with van der Waals surface area (Å²) in [6.45, 7) is 1.04. The van der Waals surface area contributed by atoms with Gasteiger partial charge < -0.3 is 9.47 Å². The summed E-state index contributed by atoms with van der Waals surface area (Å²) in [5.41, 5.74) is 1.61. The summed E-state index contributed by atoms with van der Waals surface area (Å²) in [5, 5.41) is 0. The Balaban J connectivity index is 2.06. The van der Waals surface area contributed by atoms with Crippen LogP contribution in [0.2, 0.25) is 0 Å². The molecule has 0 radical (unpaired) electrons. The molecule has 1 aromatic heterocycles. The van der Waals surface area contributed by atoms with Gasteiger partial charge in [-0.25, -0.2) is 29.0 Å². The molecular weight excluding hydrogens is 286 g/mol. The molecule has 1 unspecified atom stereocenters. The molecule has 1 aliphatic rings. The largest absolute Gasteiger partial charge is 0.378 e. The summed E-state index contributed by atoms with van der Waals surface area (Å²) in [4.78, 5) is 7.48. The van der Waals surface area contributed by atoms with Crippen LogP contribution in [0, 0.1) is 0 Å². The molecule has 0 bridgehead atoms. The van der Waals surface area contributed by atoms with E-state index in [4.69, 9.17) is 15.3 Å². The van der Waals surface area contributed by atoms with E-state index in [1.807, 2.05) is 0 Å². The third kappa shape index (κ3) is 3.22. The Bertz CT molecular complexity index is 541. The quantitative estimate of drug-likeness (QED) is 0.444. The first-order valence-electron chi connectivity index (χ1n) is 5.93. The van der Waals surface area contributed by atoms with Crippen molar-refractivity contribution in [1.82, 2.24) is 14.7 Å². The number of nitrogens with two attached hydrogens (primary N) is 1. The molecule has 0 aromatic carbocycles. The fourth-order valence-electron chi connectivity index (χ4n) is 1.80. The minimum absolute atomic E-state index is 0.0401. The number of nitrogens with zero attached hydrogens (tertiary/aromatic N) is 2. The predicted octanol–water partition coefficient (Wildman–Crippen LogP) is -1.15. The minimum atomic E-state index is -3.70. The van der Waals surface area contributed by atoms with Gasteiger partial charge >= 0.3 is 0 Å². The lowest BCUT2D eigenvalue weighted by Gasteiger charge is -2.25. The zero-order valence-electron chi connectivity index (χ0n) is 11.0. The maximum atomic E-state index is 12.1. The van der Waals surface area contributed by atoms with Crippen molar-refractivity contribution in [3.63, 3.8) is 0 Å². The van der Waals surface area contributed by atoms with E-state index >= 15 is 0 Å². The first-order chi connectivity index (χ1) is 9.51. The van der Waals surface area contributed by atoms with Crippen molar-refractivity contribution >= 4 is 16.0 Å². The van der Waals surface area contributed by atoms with Gasteiger partial charge in [0.15, 0.2) is 0 Å². The number of hydrazine groups is 1. The van der Waals surface area contributed by atoms with Crippen LogP contribution < -0.4 is 16.0 Å². The number of hydrogen-bond donors (Lipinski definition) is 3. The number of anilines is 1. The van der Waals surface area contributed by atoms with Crippen LogP contribution in [0.5, 0.6) is 0 Å². The van der Waals surface area contributed by atoms with Gasteiger partial charge in [0, 0.05) is 26.7 Å². The Morgan fingerprint density at radius 2 is 2.20 bits per heavy atom. The third-order valence-electron chi connectivity index (χ3n) is 3.15. The number of hydrogen-bond acceptors (Lipinski definition) is 8. The molecule has 112 valence electrons. The molecule has 10 heteroatoms. The van der Waals surface area contributed by atoms with Crippen LogP contribution in [0.15, 0.2) is 17.3 Å². The van der Waals surface area contributed by atoms with Crippen LogP contribution in [0.1, 0.15) is 6.42 Å². The Hall–Kier alpha value is -1.33. The summed E-state index contributed by atoms with van der Waals surface area (Å²) < 4.78 is 37.3. The third-order valence-corrected chi connectivity index (χ3v) is 4.51. The first kappa shape index (κ1) is 15.1. The lowest BCUT2D eigenvalue weighted by Crippen LogP contribution is -2.44. The van der Waals surface area contributed by atoms with Crippen molar-refractivity contribution in [2.24, 2.45) is 5.84 Å². The van der Waals surface area contributed by atoms with E-state index < -0.39 is 15.6 Å². The molecular formula is C10H17N5O4S. The highest BCUT2D eigenvalue weighted by molar-refractivity contribution is 7.89. The fourth-order valence-corrected chi connectivity index (χ4v) is 2.80. The number of sulfonamides is 1. The normalized spacial score (nSPS) is 22.9. The van der Waals surface area contributed by atoms with Crippen LogP contribution in [-0.4, -0.2) is 50.9 Å². The maximum absolute atomic E-state index is 12.1. The van der Waals surface area contributed by atoms with Crippen LogP contribution in [0.3, 0.4) is 0 Å². The zero-order chi connectivity index (χ0) is 14.6. The second-order valence-electron chi connectivity index (χ2n) is 4.40. The highest BCUT2D eigenvalue weighted by Crippen LogP contribution is 2.22. The predicted molar refractivity (Wildman–Crippen MR) is 70.2 cm³/mol. The zero-order valence-corrected chi connectivity index (χ0v) is 11.8. The molecule has 1 aliphatic heterocycles. The van der Waals surface area contributed by atoms with Crippen molar-refractivity contribution in [1.29, 1.82) is 0 Å². The van der Waals surface area contributed by atoms with E-state index in [0.29, 0.717) is 19.6 Å². The fraction of sp³-hybridized carbons (Fsp3) is 0.600. The maximum Gasteiger partial charge on any atom is 0.243 e. The number of nitrogen functional groups attached to an aromatic ring is 1. The van der Waals surface area contributed by atoms with Gasteiger partial charge in [-0.15, -0.1) is 0 Å². The molecule has 0 amide bonds. The molecule has 1 saturated heterocycles. The summed E-state index contributed by atoms with van der Waals surface area (Å²) >= 11 is 0. The molecule has 2 rings (SSSR count). The molecule has 0 spiro atoms. The van der Waals surface area contributed by atoms with Crippen LogP contribution in [0.4, 0.5) is 5.95 Å². The van der Waals surface area contributed by atoms with Gasteiger partial charge in [0.05, 0.1) is 19.0 Å².